The third-order valence-corrected chi connectivity index (χ3v) is 5.97. The highest BCUT2D eigenvalue weighted by molar-refractivity contribution is 7.11. The Kier molecular flexibility index (Phi) is 5.06. The van der Waals surface area contributed by atoms with E-state index in [1.54, 1.807) is 11.3 Å². The van der Waals surface area contributed by atoms with Crippen molar-refractivity contribution in [1.29, 1.82) is 0 Å². The minimum atomic E-state index is 0.791. The Morgan fingerprint density at radius 1 is 1.33 bits per heavy atom. The molecule has 0 bridgehead atoms. The van der Waals surface area contributed by atoms with Gasteiger partial charge in [0, 0.05) is 34.3 Å². The highest BCUT2D eigenvalue weighted by Gasteiger charge is 2.20. The molecule has 1 atom stereocenters. The second kappa shape index (κ2) is 7.01. The summed E-state index contributed by atoms with van der Waals surface area (Å²) < 4.78 is 0. The SMILES string of the molecule is Cc1ccc(CN(Cc2scnc2C)CC2CCNC2)s1. The van der Waals surface area contributed by atoms with Gasteiger partial charge in [-0.2, -0.15) is 0 Å². The monoisotopic (exact) mass is 321 g/mol. The van der Waals surface area contributed by atoms with Crippen molar-refractivity contribution >= 4 is 22.7 Å². The lowest BCUT2D eigenvalue weighted by molar-refractivity contribution is 0.224. The molecule has 0 aromatic carbocycles. The molecule has 1 saturated heterocycles. The van der Waals surface area contributed by atoms with Crippen LogP contribution in [0.1, 0.15) is 26.7 Å². The number of nitrogens with zero attached hydrogens (tertiary/aromatic N) is 2. The summed E-state index contributed by atoms with van der Waals surface area (Å²) in [6.45, 7) is 9.93. The molecule has 3 nitrogen and oxygen atoms in total. The smallest absolute Gasteiger partial charge is 0.0798 e. The number of thiazole rings is 1. The summed E-state index contributed by atoms with van der Waals surface area (Å²) in [5, 5.41) is 3.48. The van der Waals surface area contributed by atoms with Gasteiger partial charge in [-0.3, -0.25) is 4.90 Å². The molecule has 1 aliphatic heterocycles. The van der Waals surface area contributed by atoms with Crippen LogP contribution in [0.25, 0.3) is 0 Å². The van der Waals surface area contributed by atoms with Gasteiger partial charge in [0.05, 0.1) is 11.2 Å². The second-order valence-electron chi connectivity index (χ2n) is 5.90. The molecule has 2 aromatic rings. The van der Waals surface area contributed by atoms with Gasteiger partial charge in [0.2, 0.25) is 0 Å². The maximum Gasteiger partial charge on any atom is 0.0798 e. The van der Waals surface area contributed by atoms with Crippen molar-refractivity contribution in [3.8, 4) is 0 Å². The molecule has 1 unspecified atom stereocenters. The van der Waals surface area contributed by atoms with Gasteiger partial charge in [0.15, 0.2) is 0 Å². The van der Waals surface area contributed by atoms with E-state index in [1.807, 2.05) is 16.8 Å². The molecule has 5 heteroatoms. The first-order chi connectivity index (χ1) is 10.2. The van der Waals surface area contributed by atoms with E-state index in [9.17, 15) is 0 Å². The van der Waals surface area contributed by atoms with Gasteiger partial charge in [-0.15, -0.1) is 22.7 Å². The van der Waals surface area contributed by atoms with E-state index in [2.05, 4.69) is 41.2 Å². The highest BCUT2D eigenvalue weighted by Crippen LogP contribution is 2.22. The maximum absolute atomic E-state index is 4.39. The van der Waals surface area contributed by atoms with Gasteiger partial charge < -0.3 is 5.32 Å². The normalized spacial score (nSPS) is 18.7. The minimum Gasteiger partial charge on any atom is -0.316 e. The molecule has 1 N–H and O–H groups in total. The maximum atomic E-state index is 4.39. The Bertz CT molecular complexity index is 570. The quantitative estimate of drug-likeness (QED) is 0.883. The molecule has 1 aliphatic rings. The molecule has 3 rings (SSSR count). The van der Waals surface area contributed by atoms with Crippen molar-refractivity contribution in [2.24, 2.45) is 5.92 Å². The number of rotatable bonds is 6. The van der Waals surface area contributed by atoms with E-state index in [1.165, 1.54) is 46.4 Å². The summed E-state index contributed by atoms with van der Waals surface area (Å²) in [5.41, 5.74) is 3.16. The van der Waals surface area contributed by atoms with E-state index < -0.39 is 0 Å². The lowest BCUT2D eigenvalue weighted by atomic mass is 10.1. The first-order valence-corrected chi connectivity index (χ1v) is 9.27. The van der Waals surface area contributed by atoms with Gasteiger partial charge in [0.25, 0.3) is 0 Å². The molecule has 114 valence electrons. The zero-order valence-electron chi connectivity index (χ0n) is 12.8. The van der Waals surface area contributed by atoms with Gasteiger partial charge in [-0.1, -0.05) is 0 Å². The molecule has 1 fully saturated rings. The molecule has 0 spiro atoms. The summed E-state index contributed by atoms with van der Waals surface area (Å²) >= 11 is 3.71. The Labute approximate surface area is 135 Å². The number of hydrogen-bond donors (Lipinski definition) is 1. The summed E-state index contributed by atoms with van der Waals surface area (Å²) in [6, 6.07) is 4.51. The molecule has 3 heterocycles. The lowest BCUT2D eigenvalue weighted by Gasteiger charge is -2.24. The Balaban J connectivity index is 1.68. The third kappa shape index (κ3) is 4.13. The molecule has 0 aliphatic carbocycles. The molecule has 2 aromatic heterocycles. The van der Waals surface area contributed by atoms with Crippen molar-refractivity contribution in [2.75, 3.05) is 19.6 Å². The van der Waals surface area contributed by atoms with Crippen molar-refractivity contribution in [3.05, 3.63) is 38.0 Å². The fourth-order valence-electron chi connectivity index (χ4n) is 2.89. The average molecular weight is 322 g/mol. The van der Waals surface area contributed by atoms with E-state index in [4.69, 9.17) is 0 Å². The predicted molar refractivity (Wildman–Crippen MR) is 91.0 cm³/mol. The Morgan fingerprint density at radius 2 is 2.24 bits per heavy atom. The van der Waals surface area contributed by atoms with E-state index in [-0.39, 0.29) is 0 Å². The van der Waals surface area contributed by atoms with E-state index >= 15 is 0 Å². The van der Waals surface area contributed by atoms with Crippen LogP contribution in [0.15, 0.2) is 17.6 Å². The zero-order chi connectivity index (χ0) is 14.7. The van der Waals surface area contributed by atoms with Crippen LogP contribution in [-0.4, -0.2) is 29.5 Å². The van der Waals surface area contributed by atoms with E-state index in [0.29, 0.717) is 0 Å². The van der Waals surface area contributed by atoms with Crippen LogP contribution < -0.4 is 5.32 Å². The van der Waals surface area contributed by atoms with Gasteiger partial charge in [-0.05, 0) is 51.4 Å². The molecule has 0 saturated carbocycles. The molecule has 0 amide bonds. The molecular weight excluding hydrogens is 298 g/mol. The van der Waals surface area contributed by atoms with Crippen molar-refractivity contribution in [1.82, 2.24) is 15.2 Å². The van der Waals surface area contributed by atoms with E-state index in [0.717, 1.165) is 19.0 Å². The minimum absolute atomic E-state index is 0.791. The molecule has 0 radical (unpaired) electrons. The summed E-state index contributed by atoms with van der Waals surface area (Å²) in [7, 11) is 0. The number of hydrogen-bond acceptors (Lipinski definition) is 5. The van der Waals surface area contributed by atoms with Crippen molar-refractivity contribution in [3.63, 3.8) is 0 Å². The van der Waals surface area contributed by atoms with Crippen molar-refractivity contribution < 1.29 is 0 Å². The third-order valence-electron chi connectivity index (χ3n) is 4.07. The van der Waals surface area contributed by atoms with Gasteiger partial charge >= 0.3 is 0 Å². The predicted octanol–water partition coefficient (Wildman–Crippen LogP) is 3.43. The standard InChI is InChI=1S/C16H23N3S2/c1-12-3-4-15(21-12)9-19(8-14-5-6-17-7-14)10-16-13(2)18-11-20-16/h3-4,11,14,17H,5-10H2,1-2H3. The van der Waals surface area contributed by atoms with Crippen LogP contribution in [0, 0.1) is 19.8 Å². The van der Waals surface area contributed by atoms with Crippen LogP contribution >= 0.6 is 22.7 Å². The van der Waals surface area contributed by atoms with Crippen LogP contribution in [0.4, 0.5) is 0 Å². The lowest BCUT2D eigenvalue weighted by Crippen LogP contribution is -2.29. The average Bonchev–Trinajstić information content (AvgIpc) is 3.16. The number of aromatic nitrogens is 1. The number of thiophene rings is 1. The fourth-order valence-corrected chi connectivity index (χ4v) is 4.64. The van der Waals surface area contributed by atoms with Crippen LogP contribution in [0.5, 0.6) is 0 Å². The first kappa shape index (κ1) is 15.2. The fraction of sp³-hybridized carbons (Fsp3) is 0.562. The Morgan fingerprint density at radius 3 is 2.86 bits per heavy atom. The Hall–Kier alpha value is -0.750. The van der Waals surface area contributed by atoms with Crippen LogP contribution in [0.2, 0.25) is 0 Å². The number of aryl methyl sites for hydroxylation is 2. The second-order valence-corrected chi connectivity index (χ2v) is 8.21. The summed E-state index contributed by atoms with van der Waals surface area (Å²) in [6.07, 6.45) is 1.31. The topological polar surface area (TPSA) is 28.2 Å². The highest BCUT2D eigenvalue weighted by atomic mass is 32.1. The summed E-state index contributed by atoms with van der Waals surface area (Å²) in [5.74, 6) is 0.791. The molecular formula is C16H23N3S2. The first-order valence-electron chi connectivity index (χ1n) is 7.58. The van der Waals surface area contributed by atoms with Crippen LogP contribution in [0.3, 0.4) is 0 Å². The largest absolute Gasteiger partial charge is 0.316 e. The van der Waals surface area contributed by atoms with Crippen molar-refractivity contribution in [2.45, 2.75) is 33.4 Å². The molecule has 21 heavy (non-hydrogen) atoms. The van der Waals surface area contributed by atoms with Crippen LogP contribution in [-0.2, 0) is 13.1 Å². The van der Waals surface area contributed by atoms with Gasteiger partial charge in [0.1, 0.15) is 0 Å². The van der Waals surface area contributed by atoms with Gasteiger partial charge in [-0.25, -0.2) is 4.98 Å². The summed E-state index contributed by atoms with van der Waals surface area (Å²) in [4.78, 5) is 11.3. The zero-order valence-corrected chi connectivity index (χ0v) is 14.4. The number of nitrogens with one attached hydrogen (secondary N) is 1.